The Morgan fingerprint density at radius 3 is 2.43 bits per heavy atom. The van der Waals surface area contributed by atoms with Gasteiger partial charge in [0.15, 0.2) is 0 Å². The van der Waals surface area contributed by atoms with Crippen LogP contribution < -0.4 is 11.2 Å². The summed E-state index contributed by atoms with van der Waals surface area (Å²) in [6.45, 7) is 3.27. The Bertz CT molecular complexity index is 867. The van der Waals surface area contributed by atoms with Crippen LogP contribution in [-0.2, 0) is 13.6 Å². The monoisotopic (exact) mass is 333 g/mol. The largest absolute Gasteiger partial charge is 0.332 e. The number of fused-ring (bicyclic) bond motifs is 1. The smallest absolute Gasteiger partial charge is 0.292 e. The number of hydrogen-bond acceptors (Lipinski definition) is 3. The lowest BCUT2D eigenvalue weighted by Gasteiger charge is -2.10. The molecule has 23 heavy (non-hydrogen) atoms. The van der Waals surface area contributed by atoms with Gasteiger partial charge < -0.3 is 0 Å². The van der Waals surface area contributed by atoms with Crippen LogP contribution in [-0.4, -0.2) is 33.7 Å². The molecule has 6 heteroatoms. The molecule has 0 bridgehead atoms. The maximum atomic E-state index is 12.3. The number of aromatic nitrogens is 2. The molecule has 0 amide bonds. The summed E-state index contributed by atoms with van der Waals surface area (Å²) in [7, 11) is 1.51. The summed E-state index contributed by atoms with van der Waals surface area (Å²) in [6.07, 6.45) is 2.49. The SMILES string of the molecule is Cl.Cn1c(=O)c2ccccc2n(CC#CCN2CCCC2)c1=O. The molecule has 1 aromatic heterocycles. The standard InChI is InChI=1S/C17H19N3O2.ClH/c1-18-16(21)14-8-2-3-9-15(14)20(17(18)22)13-7-6-12-19-10-4-5-11-19;/h2-3,8-9H,4-5,10-13H2,1H3;1H. The minimum atomic E-state index is -0.320. The molecular formula is C17H20ClN3O2. The molecule has 2 aromatic rings. The van der Waals surface area contributed by atoms with E-state index in [0.717, 1.165) is 24.2 Å². The molecule has 1 fully saturated rings. The number of para-hydroxylation sites is 1. The molecule has 0 atom stereocenters. The van der Waals surface area contributed by atoms with E-state index in [9.17, 15) is 9.59 Å². The minimum Gasteiger partial charge on any atom is -0.292 e. The number of benzene rings is 1. The summed E-state index contributed by atoms with van der Waals surface area (Å²) >= 11 is 0. The van der Waals surface area contributed by atoms with E-state index >= 15 is 0 Å². The van der Waals surface area contributed by atoms with E-state index in [-0.39, 0.29) is 23.7 Å². The molecule has 2 heterocycles. The van der Waals surface area contributed by atoms with Gasteiger partial charge in [-0.1, -0.05) is 24.0 Å². The molecule has 0 unspecified atom stereocenters. The Morgan fingerprint density at radius 2 is 1.70 bits per heavy atom. The van der Waals surface area contributed by atoms with Gasteiger partial charge in [-0.3, -0.25) is 18.8 Å². The number of hydrogen-bond donors (Lipinski definition) is 0. The minimum absolute atomic E-state index is 0. The van der Waals surface area contributed by atoms with Crippen LogP contribution in [0.5, 0.6) is 0 Å². The van der Waals surface area contributed by atoms with Gasteiger partial charge in [-0.25, -0.2) is 4.79 Å². The predicted molar refractivity (Wildman–Crippen MR) is 94.1 cm³/mol. The third kappa shape index (κ3) is 3.49. The lowest BCUT2D eigenvalue weighted by atomic mass is 10.2. The van der Waals surface area contributed by atoms with Crippen LogP contribution in [0.25, 0.3) is 10.9 Å². The van der Waals surface area contributed by atoms with E-state index in [0.29, 0.717) is 17.4 Å². The van der Waals surface area contributed by atoms with Gasteiger partial charge in [-0.2, -0.15) is 0 Å². The normalized spacial score (nSPS) is 14.3. The summed E-state index contributed by atoms with van der Waals surface area (Å²) in [4.78, 5) is 26.7. The highest BCUT2D eigenvalue weighted by molar-refractivity contribution is 5.85. The zero-order valence-electron chi connectivity index (χ0n) is 13.1. The van der Waals surface area contributed by atoms with Gasteiger partial charge in [0, 0.05) is 7.05 Å². The van der Waals surface area contributed by atoms with Crippen LogP contribution >= 0.6 is 12.4 Å². The molecule has 1 aromatic carbocycles. The van der Waals surface area contributed by atoms with Crippen molar-refractivity contribution in [3.8, 4) is 11.8 Å². The van der Waals surface area contributed by atoms with Gasteiger partial charge in [0.25, 0.3) is 5.56 Å². The first-order chi connectivity index (χ1) is 10.7. The van der Waals surface area contributed by atoms with Crippen molar-refractivity contribution < 1.29 is 0 Å². The average Bonchev–Trinajstić information content (AvgIpc) is 3.05. The molecule has 5 nitrogen and oxygen atoms in total. The maximum absolute atomic E-state index is 12.3. The van der Waals surface area contributed by atoms with Crippen LogP contribution in [0.1, 0.15) is 12.8 Å². The summed E-state index contributed by atoms with van der Waals surface area (Å²) in [5, 5.41) is 0.547. The molecule has 0 aliphatic carbocycles. The summed E-state index contributed by atoms with van der Waals surface area (Å²) in [6, 6.07) is 7.17. The van der Waals surface area contributed by atoms with E-state index in [4.69, 9.17) is 0 Å². The lowest BCUT2D eigenvalue weighted by Crippen LogP contribution is -2.38. The number of rotatable bonds is 2. The van der Waals surface area contributed by atoms with Crippen LogP contribution in [0.4, 0.5) is 0 Å². The second-order valence-corrected chi connectivity index (χ2v) is 5.59. The van der Waals surface area contributed by atoms with Gasteiger partial charge in [-0.15, -0.1) is 12.4 Å². The third-order valence-corrected chi connectivity index (χ3v) is 4.11. The molecule has 1 aliphatic rings. The summed E-state index contributed by atoms with van der Waals surface area (Å²) < 4.78 is 2.71. The first-order valence-corrected chi connectivity index (χ1v) is 7.55. The molecule has 1 aliphatic heterocycles. The summed E-state index contributed by atoms with van der Waals surface area (Å²) in [5.41, 5.74) is 0.0621. The number of nitrogens with zero attached hydrogens (tertiary/aromatic N) is 3. The van der Waals surface area contributed by atoms with E-state index in [1.165, 1.54) is 19.9 Å². The van der Waals surface area contributed by atoms with Crippen molar-refractivity contribution in [2.45, 2.75) is 19.4 Å². The first-order valence-electron chi connectivity index (χ1n) is 7.55. The Morgan fingerprint density at radius 1 is 1.04 bits per heavy atom. The highest BCUT2D eigenvalue weighted by Crippen LogP contribution is 2.07. The van der Waals surface area contributed by atoms with Crippen molar-refractivity contribution in [2.24, 2.45) is 7.05 Å². The molecule has 0 saturated carbocycles. The Hall–Kier alpha value is -2.03. The zero-order valence-corrected chi connectivity index (χ0v) is 13.9. The van der Waals surface area contributed by atoms with Crippen molar-refractivity contribution in [2.75, 3.05) is 19.6 Å². The third-order valence-electron chi connectivity index (χ3n) is 4.11. The lowest BCUT2D eigenvalue weighted by molar-refractivity contribution is 0.383. The van der Waals surface area contributed by atoms with Gasteiger partial charge in [0.05, 0.1) is 24.0 Å². The van der Waals surface area contributed by atoms with Gasteiger partial charge in [-0.05, 0) is 38.1 Å². The van der Waals surface area contributed by atoms with Crippen molar-refractivity contribution in [3.63, 3.8) is 0 Å². The number of halogens is 1. The van der Waals surface area contributed by atoms with Crippen LogP contribution in [0.2, 0.25) is 0 Å². The number of likely N-dealkylation sites (tertiary alicyclic amines) is 1. The van der Waals surface area contributed by atoms with Crippen molar-refractivity contribution >= 4 is 23.3 Å². The molecule has 3 rings (SSSR count). The van der Waals surface area contributed by atoms with Crippen molar-refractivity contribution in [1.29, 1.82) is 0 Å². The fourth-order valence-electron chi connectivity index (χ4n) is 2.84. The first kappa shape index (κ1) is 17.3. The van der Waals surface area contributed by atoms with Crippen molar-refractivity contribution in [3.05, 3.63) is 45.1 Å². The van der Waals surface area contributed by atoms with Crippen molar-refractivity contribution in [1.82, 2.24) is 14.0 Å². The van der Waals surface area contributed by atoms with Crippen LogP contribution in [0.15, 0.2) is 33.9 Å². The highest BCUT2D eigenvalue weighted by Gasteiger charge is 2.10. The van der Waals surface area contributed by atoms with Crippen LogP contribution in [0, 0.1) is 11.8 Å². The van der Waals surface area contributed by atoms with E-state index in [2.05, 4.69) is 16.7 Å². The second kappa shape index (κ2) is 7.49. The molecule has 1 saturated heterocycles. The van der Waals surface area contributed by atoms with Gasteiger partial charge >= 0.3 is 5.69 Å². The maximum Gasteiger partial charge on any atom is 0.332 e. The average molecular weight is 334 g/mol. The quantitative estimate of drug-likeness (QED) is 0.776. The molecular weight excluding hydrogens is 314 g/mol. The summed E-state index contributed by atoms with van der Waals surface area (Å²) in [5.74, 6) is 6.19. The zero-order chi connectivity index (χ0) is 15.5. The van der Waals surface area contributed by atoms with Gasteiger partial charge in [0.1, 0.15) is 0 Å². The fraction of sp³-hybridized carbons (Fsp3) is 0.412. The van der Waals surface area contributed by atoms with Gasteiger partial charge in [0.2, 0.25) is 0 Å². The molecule has 122 valence electrons. The fourth-order valence-corrected chi connectivity index (χ4v) is 2.84. The molecule has 0 spiro atoms. The predicted octanol–water partition coefficient (Wildman–Crippen LogP) is 1.22. The Labute approximate surface area is 140 Å². The Balaban J connectivity index is 0.00000192. The van der Waals surface area contributed by atoms with E-state index < -0.39 is 0 Å². The molecule has 0 N–H and O–H groups in total. The molecule has 0 radical (unpaired) electrons. The second-order valence-electron chi connectivity index (χ2n) is 5.59. The topological polar surface area (TPSA) is 47.2 Å². The van der Waals surface area contributed by atoms with E-state index in [1.54, 1.807) is 22.8 Å². The van der Waals surface area contributed by atoms with Crippen LogP contribution in [0.3, 0.4) is 0 Å². The Kier molecular flexibility index (Phi) is 5.64. The highest BCUT2D eigenvalue weighted by atomic mass is 35.5. The van der Waals surface area contributed by atoms with E-state index in [1.807, 2.05) is 6.07 Å².